The summed E-state index contributed by atoms with van der Waals surface area (Å²) in [6.45, 7) is 1.85. The standard InChI is InChI=1S/C19H22IN5O4/c20-16-12-7-29-8-13(12)22-19(24-16)21-10-1-2-11-9(5-10)6-25(18(11)28)14-3-4-15(26)23-17(14)27/h1-2,5,12-14,16,19,21-22,24H,3-4,6-8H2,(H,23,26,27). The summed E-state index contributed by atoms with van der Waals surface area (Å²) in [6.07, 6.45) is 0.528. The summed E-state index contributed by atoms with van der Waals surface area (Å²) >= 11 is 2.41. The van der Waals surface area contributed by atoms with Gasteiger partial charge < -0.3 is 15.0 Å². The summed E-state index contributed by atoms with van der Waals surface area (Å²) in [5, 5.41) is 12.8. The summed E-state index contributed by atoms with van der Waals surface area (Å²) in [7, 11) is 0. The van der Waals surface area contributed by atoms with E-state index in [1.54, 1.807) is 11.0 Å². The van der Waals surface area contributed by atoms with E-state index < -0.39 is 11.9 Å². The van der Waals surface area contributed by atoms with Gasteiger partial charge in [-0.25, -0.2) is 0 Å². The summed E-state index contributed by atoms with van der Waals surface area (Å²) in [5.41, 5.74) is 2.39. The van der Waals surface area contributed by atoms with E-state index >= 15 is 0 Å². The fraction of sp³-hybridized carbons (Fsp3) is 0.526. The van der Waals surface area contributed by atoms with Gasteiger partial charge in [0.2, 0.25) is 11.8 Å². The second-order valence-corrected chi connectivity index (χ2v) is 9.23. The van der Waals surface area contributed by atoms with Crippen molar-refractivity contribution >= 4 is 46.0 Å². The van der Waals surface area contributed by atoms with Crippen LogP contribution in [0.25, 0.3) is 0 Å². The van der Waals surface area contributed by atoms with Crippen molar-refractivity contribution in [1.82, 2.24) is 20.9 Å². The summed E-state index contributed by atoms with van der Waals surface area (Å²) in [5.74, 6) is -0.378. The number of carbonyl (C=O) groups excluding carboxylic acids is 3. The predicted molar refractivity (Wildman–Crippen MR) is 112 cm³/mol. The molecule has 0 aliphatic carbocycles. The molecule has 4 N–H and O–H groups in total. The van der Waals surface area contributed by atoms with Gasteiger partial charge in [0.1, 0.15) is 12.3 Å². The molecule has 5 unspecified atom stereocenters. The molecule has 1 aromatic carbocycles. The molecule has 10 heteroatoms. The number of halogens is 1. The van der Waals surface area contributed by atoms with Gasteiger partial charge in [0, 0.05) is 36.2 Å². The van der Waals surface area contributed by atoms with E-state index in [0.29, 0.717) is 41.1 Å². The van der Waals surface area contributed by atoms with E-state index in [9.17, 15) is 14.4 Å². The highest BCUT2D eigenvalue weighted by Crippen LogP contribution is 2.30. The van der Waals surface area contributed by atoms with Crippen LogP contribution in [0.1, 0.15) is 28.8 Å². The van der Waals surface area contributed by atoms with Crippen LogP contribution in [-0.4, -0.2) is 58.3 Å². The second-order valence-electron chi connectivity index (χ2n) is 7.89. The molecule has 0 radical (unpaired) electrons. The number of carbonyl (C=O) groups is 3. The third-order valence-corrected chi connectivity index (χ3v) is 7.32. The molecule has 154 valence electrons. The smallest absolute Gasteiger partial charge is 0.255 e. The Labute approximate surface area is 181 Å². The maximum atomic E-state index is 12.8. The molecule has 0 spiro atoms. The zero-order chi connectivity index (χ0) is 20.1. The van der Waals surface area contributed by atoms with Crippen LogP contribution in [0, 0.1) is 5.92 Å². The van der Waals surface area contributed by atoms with Crippen molar-refractivity contribution in [2.24, 2.45) is 5.92 Å². The van der Waals surface area contributed by atoms with Gasteiger partial charge in [-0.3, -0.25) is 30.3 Å². The third kappa shape index (κ3) is 3.51. The minimum Gasteiger partial charge on any atom is -0.379 e. The lowest BCUT2D eigenvalue weighted by molar-refractivity contribution is -0.136. The van der Waals surface area contributed by atoms with Crippen LogP contribution in [-0.2, 0) is 20.9 Å². The number of nitrogens with one attached hydrogen (secondary N) is 4. The number of amides is 3. The maximum Gasteiger partial charge on any atom is 0.255 e. The Morgan fingerprint density at radius 3 is 2.86 bits per heavy atom. The van der Waals surface area contributed by atoms with Crippen LogP contribution >= 0.6 is 22.6 Å². The lowest BCUT2D eigenvalue weighted by atomic mass is 10.0. The number of ether oxygens (including phenoxy) is 1. The van der Waals surface area contributed by atoms with Crippen molar-refractivity contribution < 1.29 is 19.1 Å². The number of nitrogens with zero attached hydrogens (tertiary/aromatic N) is 1. The highest BCUT2D eigenvalue weighted by Gasteiger charge is 2.41. The van der Waals surface area contributed by atoms with E-state index in [2.05, 4.69) is 43.9 Å². The highest BCUT2D eigenvalue weighted by atomic mass is 127. The molecule has 0 aromatic heterocycles. The number of benzene rings is 1. The summed E-state index contributed by atoms with van der Waals surface area (Å²) in [4.78, 5) is 37.9. The van der Waals surface area contributed by atoms with Gasteiger partial charge >= 0.3 is 0 Å². The van der Waals surface area contributed by atoms with Crippen LogP contribution in [0.2, 0.25) is 0 Å². The van der Waals surface area contributed by atoms with Gasteiger partial charge in [0.05, 0.1) is 17.3 Å². The first-order chi connectivity index (χ1) is 14.0. The molecule has 0 bridgehead atoms. The van der Waals surface area contributed by atoms with Crippen molar-refractivity contribution in [2.75, 3.05) is 18.5 Å². The van der Waals surface area contributed by atoms with Gasteiger partial charge in [-0.1, -0.05) is 22.6 Å². The average Bonchev–Trinajstić information content (AvgIpc) is 3.27. The van der Waals surface area contributed by atoms with Gasteiger partial charge in [0.15, 0.2) is 0 Å². The molecule has 5 rings (SSSR count). The van der Waals surface area contributed by atoms with Gasteiger partial charge in [-0.2, -0.15) is 0 Å². The molecular weight excluding hydrogens is 489 g/mol. The Balaban J connectivity index is 1.29. The molecular formula is C19H22IN5O4. The summed E-state index contributed by atoms with van der Waals surface area (Å²) < 4.78 is 5.89. The van der Waals surface area contributed by atoms with Crippen LogP contribution in [0.15, 0.2) is 18.2 Å². The van der Waals surface area contributed by atoms with E-state index in [1.165, 1.54) is 0 Å². The third-order valence-electron chi connectivity index (χ3n) is 6.04. The van der Waals surface area contributed by atoms with Crippen LogP contribution < -0.4 is 21.3 Å². The first kappa shape index (κ1) is 19.2. The van der Waals surface area contributed by atoms with Crippen molar-refractivity contribution in [2.45, 2.75) is 41.8 Å². The summed E-state index contributed by atoms with van der Waals surface area (Å²) in [6, 6.07) is 5.37. The van der Waals surface area contributed by atoms with Gasteiger partial charge in [-0.15, -0.1) is 0 Å². The first-order valence-corrected chi connectivity index (χ1v) is 11.0. The predicted octanol–water partition coefficient (Wildman–Crippen LogP) is 0.112. The fourth-order valence-corrected chi connectivity index (χ4v) is 5.56. The van der Waals surface area contributed by atoms with Gasteiger partial charge in [-0.05, 0) is 30.2 Å². The molecule has 5 atom stereocenters. The Kier molecular flexibility index (Phi) is 4.96. The number of alkyl halides is 1. The zero-order valence-corrected chi connectivity index (χ0v) is 17.8. The molecule has 3 fully saturated rings. The number of imide groups is 1. The quantitative estimate of drug-likeness (QED) is 0.197. The molecule has 3 saturated heterocycles. The average molecular weight is 511 g/mol. The molecule has 0 saturated carbocycles. The molecule has 29 heavy (non-hydrogen) atoms. The topological polar surface area (TPSA) is 112 Å². The Hall–Kier alpha value is -1.76. The van der Waals surface area contributed by atoms with E-state index in [-0.39, 0.29) is 24.5 Å². The number of anilines is 1. The highest BCUT2D eigenvalue weighted by molar-refractivity contribution is 14.1. The zero-order valence-electron chi connectivity index (χ0n) is 15.6. The SMILES string of the molecule is O=C1CCC(N2Cc3cc(NC4NC(I)C5COCC5N4)ccc3C2=O)C(=O)N1. The van der Waals surface area contributed by atoms with Crippen LogP contribution in [0.5, 0.6) is 0 Å². The Bertz CT molecular complexity index is 880. The number of piperidine rings is 1. The Morgan fingerprint density at radius 1 is 1.17 bits per heavy atom. The van der Waals surface area contributed by atoms with Crippen molar-refractivity contribution in [1.29, 1.82) is 0 Å². The number of hydrogen-bond acceptors (Lipinski definition) is 7. The normalized spacial score (nSPS) is 34.0. The number of hydrogen-bond donors (Lipinski definition) is 4. The first-order valence-electron chi connectivity index (χ1n) is 9.77. The largest absolute Gasteiger partial charge is 0.379 e. The second kappa shape index (κ2) is 7.49. The van der Waals surface area contributed by atoms with Crippen LogP contribution in [0.3, 0.4) is 0 Å². The van der Waals surface area contributed by atoms with Gasteiger partial charge in [0.25, 0.3) is 5.91 Å². The minimum atomic E-state index is -0.593. The molecule has 4 aliphatic heterocycles. The van der Waals surface area contributed by atoms with E-state index in [1.807, 2.05) is 12.1 Å². The molecule has 1 aromatic rings. The van der Waals surface area contributed by atoms with E-state index in [0.717, 1.165) is 17.9 Å². The Morgan fingerprint density at radius 2 is 2.03 bits per heavy atom. The number of fused-ring (bicyclic) bond motifs is 2. The molecule has 9 nitrogen and oxygen atoms in total. The fourth-order valence-electron chi connectivity index (χ4n) is 4.49. The van der Waals surface area contributed by atoms with Crippen molar-refractivity contribution in [3.05, 3.63) is 29.3 Å². The lowest BCUT2D eigenvalue weighted by Crippen LogP contribution is -2.63. The molecule has 4 heterocycles. The van der Waals surface area contributed by atoms with Crippen molar-refractivity contribution in [3.8, 4) is 0 Å². The van der Waals surface area contributed by atoms with Crippen LogP contribution in [0.4, 0.5) is 5.69 Å². The van der Waals surface area contributed by atoms with E-state index in [4.69, 9.17) is 4.74 Å². The molecule has 3 amide bonds. The minimum absolute atomic E-state index is 0.0961. The monoisotopic (exact) mass is 511 g/mol. The number of rotatable bonds is 3. The van der Waals surface area contributed by atoms with Crippen molar-refractivity contribution in [3.63, 3.8) is 0 Å². The molecule has 4 aliphatic rings. The lowest BCUT2D eigenvalue weighted by Gasteiger charge is -2.37. The maximum absolute atomic E-state index is 12.8.